The molecule has 0 bridgehead atoms. The van der Waals surface area contributed by atoms with Gasteiger partial charge in [-0.2, -0.15) is 0 Å². The van der Waals surface area contributed by atoms with Crippen LogP contribution < -0.4 is 9.47 Å². The smallest absolute Gasteiger partial charge is 0.137 e. The first kappa shape index (κ1) is 34.4. The summed E-state index contributed by atoms with van der Waals surface area (Å²) in [5, 5.41) is 11.1. The van der Waals surface area contributed by atoms with Crippen LogP contribution in [0.15, 0.2) is 78.9 Å². The summed E-state index contributed by atoms with van der Waals surface area (Å²) in [6.45, 7) is 5.99. The van der Waals surface area contributed by atoms with Crippen LogP contribution in [0.1, 0.15) is 34.7 Å². The van der Waals surface area contributed by atoms with Gasteiger partial charge in [0.05, 0.1) is 26.0 Å². The van der Waals surface area contributed by atoms with E-state index in [1.165, 1.54) is 11.1 Å². The van der Waals surface area contributed by atoms with Crippen LogP contribution in [0.4, 0.5) is 0 Å². The number of nitrogens with zero attached hydrogens (tertiary/aromatic N) is 3. The Morgan fingerprint density at radius 2 is 1.37 bits per heavy atom. The fourth-order valence-electron chi connectivity index (χ4n) is 5.30. The summed E-state index contributed by atoms with van der Waals surface area (Å²) in [5.41, 5.74) is 5.02. The standard InChI is InChI=1S/C31H36N4O3.3ClH/c1-22-29(33-31(32-22)23-9-5-4-6-10-23)28(36)21-34-15-17-35(18-16-34)30(24-11-7-13-26(19-24)37-2)25-12-8-14-27(20-25)38-3;;;/h4-14,19-20,28,30,36H,15-18,21H2,1-3H3,(H,32,33);3*1H. The maximum Gasteiger partial charge on any atom is 0.137 e. The zero-order chi connectivity index (χ0) is 26.5. The number of imidazole rings is 1. The molecule has 1 atom stereocenters. The topological polar surface area (TPSA) is 73.8 Å². The Kier molecular flexibility index (Phi) is 13.4. The molecule has 3 aromatic carbocycles. The number of methoxy groups -OCH3 is 2. The molecule has 0 amide bonds. The van der Waals surface area contributed by atoms with E-state index in [0.717, 1.165) is 60.5 Å². The van der Waals surface area contributed by atoms with Gasteiger partial charge in [0.25, 0.3) is 0 Å². The van der Waals surface area contributed by atoms with Gasteiger partial charge in [-0.25, -0.2) is 4.98 Å². The zero-order valence-electron chi connectivity index (χ0n) is 23.5. The molecule has 4 aromatic rings. The van der Waals surface area contributed by atoms with Gasteiger partial charge in [-0.1, -0.05) is 54.6 Å². The number of hydrogen-bond acceptors (Lipinski definition) is 6. The van der Waals surface area contributed by atoms with Crippen LogP contribution in [-0.2, 0) is 0 Å². The third-order valence-corrected chi connectivity index (χ3v) is 7.31. The van der Waals surface area contributed by atoms with Crippen LogP contribution in [0.5, 0.6) is 11.5 Å². The Morgan fingerprint density at radius 3 is 1.90 bits per heavy atom. The number of H-pyrrole nitrogens is 1. The molecular weight excluding hydrogens is 583 g/mol. The van der Waals surface area contributed by atoms with E-state index in [1.807, 2.05) is 61.5 Å². The van der Waals surface area contributed by atoms with Crippen LogP contribution in [0.3, 0.4) is 0 Å². The Balaban J connectivity index is 0.00000196. The first-order valence-electron chi connectivity index (χ1n) is 13.1. The van der Waals surface area contributed by atoms with Gasteiger partial charge in [-0.3, -0.25) is 9.80 Å². The second-order valence-corrected chi connectivity index (χ2v) is 9.77. The minimum Gasteiger partial charge on any atom is -0.497 e. The minimum absolute atomic E-state index is 0. The van der Waals surface area contributed by atoms with E-state index in [4.69, 9.17) is 14.5 Å². The maximum atomic E-state index is 11.1. The zero-order valence-corrected chi connectivity index (χ0v) is 26.0. The first-order valence-corrected chi connectivity index (χ1v) is 13.1. The van der Waals surface area contributed by atoms with E-state index in [0.29, 0.717) is 6.54 Å². The Bertz CT molecular complexity index is 1300. The average molecular weight is 622 g/mol. The molecule has 2 heterocycles. The number of aromatic amines is 1. The van der Waals surface area contributed by atoms with Crippen molar-refractivity contribution in [3.8, 4) is 22.9 Å². The molecular formula is C31H39Cl3N4O3. The van der Waals surface area contributed by atoms with Crippen molar-refractivity contribution in [2.45, 2.75) is 19.1 Å². The molecule has 1 aromatic heterocycles. The normalized spacial score (nSPS) is 14.4. The number of nitrogens with one attached hydrogen (secondary N) is 1. The predicted octanol–water partition coefficient (Wildman–Crippen LogP) is 6.11. The van der Waals surface area contributed by atoms with Crippen LogP contribution in [-0.4, -0.2) is 71.8 Å². The van der Waals surface area contributed by atoms with E-state index in [-0.39, 0.29) is 43.3 Å². The van der Waals surface area contributed by atoms with Gasteiger partial charge in [0.15, 0.2) is 0 Å². The third kappa shape index (κ3) is 8.16. The summed E-state index contributed by atoms with van der Waals surface area (Å²) in [5.74, 6) is 2.49. The predicted molar refractivity (Wildman–Crippen MR) is 171 cm³/mol. The second kappa shape index (κ2) is 16.0. The van der Waals surface area contributed by atoms with Gasteiger partial charge in [0, 0.05) is 44.0 Å². The number of halogens is 3. The highest BCUT2D eigenvalue weighted by atomic mass is 35.5. The van der Waals surface area contributed by atoms with Crippen molar-refractivity contribution in [2.75, 3.05) is 46.9 Å². The lowest BCUT2D eigenvalue weighted by molar-refractivity contribution is 0.0605. The van der Waals surface area contributed by atoms with Gasteiger partial charge < -0.3 is 19.6 Å². The number of aryl methyl sites for hydroxylation is 1. The highest BCUT2D eigenvalue weighted by Gasteiger charge is 2.29. The van der Waals surface area contributed by atoms with E-state index in [1.54, 1.807) is 14.2 Å². The van der Waals surface area contributed by atoms with Gasteiger partial charge >= 0.3 is 0 Å². The largest absolute Gasteiger partial charge is 0.497 e. The monoisotopic (exact) mass is 620 g/mol. The number of aliphatic hydroxyl groups excluding tert-OH is 1. The van der Waals surface area contributed by atoms with Gasteiger partial charge in [-0.05, 0) is 42.3 Å². The minimum atomic E-state index is -0.650. The van der Waals surface area contributed by atoms with Crippen LogP contribution >= 0.6 is 37.2 Å². The Labute approximate surface area is 261 Å². The number of aliphatic hydroxyl groups is 1. The molecule has 0 radical (unpaired) electrons. The molecule has 1 unspecified atom stereocenters. The van der Waals surface area contributed by atoms with Crippen molar-refractivity contribution >= 4 is 37.2 Å². The molecule has 10 heteroatoms. The Morgan fingerprint density at radius 1 is 0.805 bits per heavy atom. The van der Waals surface area contributed by atoms with Crippen molar-refractivity contribution in [1.82, 2.24) is 19.8 Å². The Hall–Kier alpha value is -2.78. The summed E-state index contributed by atoms with van der Waals surface area (Å²) < 4.78 is 11.1. The molecule has 7 nitrogen and oxygen atoms in total. The van der Waals surface area contributed by atoms with E-state index in [9.17, 15) is 5.11 Å². The fourth-order valence-corrected chi connectivity index (χ4v) is 5.30. The lowest BCUT2D eigenvalue weighted by atomic mass is 9.96. The van der Waals surface area contributed by atoms with E-state index >= 15 is 0 Å². The molecule has 222 valence electrons. The van der Waals surface area contributed by atoms with Crippen molar-refractivity contribution in [1.29, 1.82) is 0 Å². The number of hydrogen-bond donors (Lipinski definition) is 2. The van der Waals surface area contributed by atoms with Gasteiger partial charge in [0.2, 0.25) is 0 Å². The summed E-state index contributed by atoms with van der Waals surface area (Å²) in [6, 6.07) is 26.7. The molecule has 41 heavy (non-hydrogen) atoms. The van der Waals surface area contributed by atoms with Crippen molar-refractivity contribution in [2.24, 2.45) is 0 Å². The van der Waals surface area contributed by atoms with E-state index in [2.05, 4.69) is 39.0 Å². The molecule has 0 spiro atoms. The first-order chi connectivity index (χ1) is 18.6. The van der Waals surface area contributed by atoms with E-state index < -0.39 is 6.10 Å². The summed E-state index contributed by atoms with van der Waals surface area (Å²) in [4.78, 5) is 12.9. The van der Waals surface area contributed by atoms with Crippen LogP contribution in [0, 0.1) is 6.92 Å². The lowest BCUT2D eigenvalue weighted by Gasteiger charge is -2.40. The number of aromatic nitrogens is 2. The quantitative estimate of drug-likeness (QED) is 0.235. The lowest BCUT2D eigenvalue weighted by Crippen LogP contribution is -2.48. The van der Waals surface area contributed by atoms with Crippen molar-refractivity contribution in [3.05, 3.63) is 101 Å². The highest BCUT2D eigenvalue weighted by molar-refractivity contribution is 5.86. The molecule has 0 saturated carbocycles. The van der Waals surface area contributed by atoms with Gasteiger partial charge in [-0.15, -0.1) is 37.2 Å². The summed E-state index contributed by atoms with van der Waals surface area (Å²) in [7, 11) is 3.40. The molecule has 5 rings (SSSR count). The van der Waals surface area contributed by atoms with Crippen LogP contribution in [0.25, 0.3) is 11.4 Å². The highest BCUT2D eigenvalue weighted by Crippen LogP contribution is 2.33. The molecule has 0 aliphatic carbocycles. The SMILES string of the molecule is COc1cccc(C(c2cccc(OC)c2)N2CCN(CC(O)c3nc(-c4ccccc4)[nH]c3C)CC2)c1.Cl.Cl.Cl. The number of benzene rings is 3. The molecule has 1 aliphatic heterocycles. The molecule has 1 saturated heterocycles. The van der Waals surface area contributed by atoms with Gasteiger partial charge in [0.1, 0.15) is 23.4 Å². The third-order valence-electron chi connectivity index (χ3n) is 7.31. The number of ether oxygens (including phenoxy) is 2. The average Bonchev–Trinajstić information content (AvgIpc) is 3.36. The maximum absolute atomic E-state index is 11.1. The van der Waals surface area contributed by atoms with Crippen molar-refractivity contribution in [3.63, 3.8) is 0 Å². The molecule has 1 aliphatic rings. The summed E-state index contributed by atoms with van der Waals surface area (Å²) >= 11 is 0. The van der Waals surface area contributed by atoms with Crippen molar-refractivity contribution < 1.29 is 14.6 Å². The molecule has 2 N–H and O–H groups in total. The number of rotatable bonds is 9. The summed E-state index contributed by atoms with van der Waals surface area (Å²) in [6.07, 6.45) is -0.650. The number of piperazine rings is 1. The van der Waals surface area contributed by atoms with Crippen LogP contribution in [0.2, 0.25) is 0 Å². The number of β-amino-alcohol motifs (C(OH)–C–C–N with tert-alkyl or cyclic N) is 1. The fraction of sp³-hybridized carbons (Fsp3) is 0.323. The molecule has 1 fully saturated rings. The second-order valence-electron chi connectivity index (χ2n) is 9.77.